The Hall–Kier alpha value is -1.07. The van der Waals surface area contributed by atoms with E-state index in [2.05, 4.69) is 15.9 Å². The Balaban J connectivity index is 3.53. The van der Waals surface area contributed by atoms with Crippen LogP contribution in [0.15, 0.2) is 10.5 Å². The normalized spacial score (nSPS) is 12.3. The van der Waals surface area contributed by atoms with Crippen molar-refractivity contribution in [2.24, 2.45) is 5.73 Å². The molecule has 1 rings (SSSR count). The van der Waals surface area contributed by atoms with Gasteiger partial charge in [-0.3, -0.25) is 4.79 Å². The van der Waals surface area contributed by atoms with Gasteiger partial charge in [-0.25, -0.2) is 0 Å². The van der Waals surface area contributed by atoms with Crippen molar-refractivity contribution in [2.45, 2.75) is 19.8 Å². The Morgan fingerprint density at radius 2 is 2.18 bits per heavy atom. The van der Waals surface area contributed by atoms with E-state index in [-0.39, 0.29) is 6.54 Å². The quantitative estimate of drug-likeness (QED) is 0.894. The summed E-state index contributed by atoms with van der Waals surface area (Å²) >= 11 is 3.42. The van der Waals surface area contributed by atoms with Crippen molar-refractivity contribution < 1.29 is 14.6 Å². The topological polar surface area (TPSA) is 72.5 Å². The van der Waals surface area contributed by atoms with E-state index in [0.717, 1.165) is 15.6 Å². The van der Waals surface area contributed by atoms with Crippen molar-refractivity contribution in [3.05, 3.63) is 27.2 Å². The lowest BCUT2D eigenvalue weighted by Crippen LogP contribution is -2.23. The highest BCUT2D eigenvalue weighted by molar-refractivity contribution is 9.10. The summed E-state index contributed by atoms with van der Waals surface area (Å²) in [6, 6.07) is 1.91. The number of rotatable bonds is 4. The number of nitrogens with two attached hydrogens (primary N) is 1. The van der Waals surface area contributed by atoms with E-state index in [1.165, 1.54) is 7.11 Å². The van der Waals surface area contributed by atoms with Crippen molar-refractivity contribution in [3.8, 4) is 5.75 Å². The van der Waals surface area contributed by atoms with Gasteiger partial charge in [0, 0.05) is 16.6 Å². The van der Waals surface area contributed by atoms with Gasteiger partial charge in [-0.1, -0.05) is 15.9 Å². The average Bonchev–Trinajstić information content (AvgIpc) is 2.25. The number of halogens is 1. The van der Waals surface area contributed by atoms with Gasteiger partial charge in [-0.2, -0.15) is 0 Å². The summed E-state index contributed by atoms with van der Waals surface area (Å²) in [5, 5.41) is 9.20. The molecule has 0 fully saturated rings. The van der Waals surface area contributed by atoms with Gasteiger partial charge in [-0.15, -0.1) is 0 Å². The number of ether oxygens (including phenoxy) is 1. The summed E-state index contributed by atoms with van der Waals surface area (Å²) in [5.41, 5.74) is 7.93. The number of carbonyl (C=O) groups is 1. The van der Waals surface area contributed by atoms with Crippen molar-refractivity contribution in [2.75, 3.05) is 13.7 Å². The van der Waals surface area contributed by atoms with Gasteiger partial charge in [0.25, 0.3) is 0 Å². The highest BCUT2D eigenvalue weighted by Crippen LogP contribution is 2.37. The lowest BCUT2D eigenvalue weighted by atomic mass is 9.92. The molecule has 0 aliphatic heterocycles. The lowest BCUT2D eigenvalue weighted by Gasteiger charge is -2.20. The van der Waals surface area contributed by atoms with Crippen LogP contribution in [0.25, 0.3) is 0 Å². The molecular formula is C12H16BrNO3. The maximum absolute atomic E-state index is 11.2. The van der Waals surface area contributed by atoms with Crippen LogP contribution in [-0.4, -0.2) is 24.7 Å². The molecule has 94 valence electrons. The molecule has 1 unspecified atom stereocenters. The molecular weight excluding hydrogens is 286 g/mol. The van der Waals surface area contributed by atoms with Gasteiger partial charge in [0.2, 0.25) is 0 Å². The Morgan fingerprint density at radius 3 is 2.59 bits per heavy atom. The van der Waals surface area contributed by atoms with Crippen molar-refractivity contribution >= 4 is 21.9 Å². The Kier molecular flexibility index (Phi) is 4.54. The number of aliphatic carboxylic acids is 1. The number of carboxylic acid groups (broad SMARTS) is 1. The summed E-state index contributed by atoms with van der Waals surface area (Å²) in [6.07, 6.45) is 0. The fraction of sp³-hybridized carbons (Fsp3) is 0.417. The molecule has 1 aromatic rings. The van der Waals surface area contributed by atoms with E-state index in [4.69, 9.17) is 10.5 Å². The number of benzene rings is 1. The Labute approximate surface area is 109 Å². The first-order valence-electron chi connectivity index (χ1n) is 5.20. The molecule has 0 aromatic heterocycles. The predicted molar refractivity (Wildman–Crippen MR) is 69.6 cm³/mol. The fourth-order valence-electron chi connectivity index (χ4n) is 1.91. The van der Waals surface area contributed by atoms with E-state index in [0.29, 0.717) is 11.3 Å². The zero-order valence-corrected chi connectivity index (χ0v) is 11.7. The molecule has 0 saturated carbocycles. The molecule has 1 aromatic carbocycles. The van der Waals surface area contributed by atoms with Crippen LogP contribution < -0.4 is 10.5 Å². The molecule has 0 amide bonds. The third-order valence-electron chi connectivity index (χ3n) is 2.79. The van der Waals surface area contributed by atoms with Gasteiger partial charge < -0.3 is 15.6 Å². The van der Waals surface area contributed by atoms with E-state index < -0.39 is 11.9 Å². The second-order valence-electron chi connectivity index (χ2n) is 3.87. The molecule has 17 heavy (non-hydrogen) atoms. The SMILES string of the molecule is COc1c(C)cc(Br)c(C)c1C(CN)C(=O)O. The number of hydrogen-bond acceptors (Lipinski definition) is 3. The van der Waals surface area contributed by atoms with E-state index in [1.54, 1.807) is 0 Å². The molecule has 5 heteroatoms. The standard InChI is InChI=1S/C12H16BrNO3/c1-6-4-9(13)7(2)10(11(6)17-3)8(5-14)12(15)16/h4,8H,5,14H2,1-3H3,(H,15,16). The second kappa shape index (κ2) is 5.51. The summed E-state index contributed by atoms with van der Waals surface area (Å²) in [7, 11) is 1.54. The zero-order valence-electron chi connectivity index (χ0n) is 10.1. The molecule has 0 bridgehead atoms. The van der Waals surface area contributed by atoms with Crippen LogP contribution >= 0.6 is 15.9 Å². The lowest BCUT2D eigenvalue weighted by molar-refractivity contribution is -0.138. The van der Waals surface area contributed by atoms with Crippen LogP contribution in [0, 0.1) is 13.8 Å². The predicted octanol–water partition coefficient (Wildman–Crippen LogP) is 2.20. The van der Waals surface area contributed by atoms with Gasteiger partial charge in [-0.05, 0) is 31.0 Å². The highest BCUT2D eigenvalue weighted by Gasteiger charge is 2.26. The summed E-state index contributed by atoms with van der Waals surface area (Å²) < 4.78 is 6.17. The van der Waals surface area contributed by atoms with Gasteiger partial charge in [0.05, 0.1) is 13.0 Å². The Bertz CT molecular complexity index is 446. The number of methoxy groups -OCH3 is 1. The number of hydrogen-bond donors (Lipinski definition) is 2. The largest absolute Gasteiger partial charge is 0.496 e. The maximum atomic E-state index is 11.2. The van der Waals surface area contributed by atoms with Gasteiger partial charge in [0.15, 0.2) is 0 Å². The van der Waals surface area contributed by atoms with Crippen LogP contribution in [0.4, 0.5) is 0 Å². The maximum Gasteiger partial charge on any atom is 0.312 e. The summed E-state index contributed by atoms with van der Waals surface area (Å²) in [6.45, 7) is 3.78. The minimum Gasteiger partial charge on any atom is -0.496 e. The van der Waals surface area contributed by atoms with Gasteiger partial charge in [0.1, 0.15) is 5.75 Å². The zero-order chi connectivity index (χ0) is 13.2. The first kappa shape index (κ1) is 14.0. The van der Waals surface area contributed by atoms with Crippen molar-refractivity contribution in [1.29, 1.82) is 0 Å². The fourth-order valence-corrected chi connectivity index (χ4v) is 2.46. The van der Waals surface area contributed by atoms with E-state index in [9.17, 15) is 9.90 Å². The van der Waals surface area contributed by atoms with E-state index >= 15 is 0 Å². The van der Waals surface area contributed by atoms with Crippen molar-refractivity contribution in [1.82, 2.24) is 0 Å². The minimum absolute atomic E-state index is 0.0441. The van der Waals surface area contributed by atoms with Crippen LogP contribution in [0.2, 0.25) is 0 Å². The highest BCUT2D eigenvalue weighted by atomic mass is 79.9. The number of carboxylic acids is 1. The summed E-state index contributed by atoms with van der Waals surface area (Å²) in [4.78, 5) is 11.2. The Morgan fingerprint density at radius 1 is 1.59 bits per heavy atom. The second-order valence-corrected chi connectivity index (χ2v) is 4.73. The first-order chi connectivity index (χ1) is 7.93. The molecule has 0 saturated heterocycles. The first-order valence-corrected chi connectivity index (χ1v) is 5.99. The molecule has 0 aliphatic carbocycles. The molecule has 3 N–H and O–H groups in total. The monoisotopic (exact) mass is 301 g/mol. The van der Waals surface area contributed by atoms with Crippen LogP contribution in [0.5, 0.6) is 5.75 Å². The number of aryl methyl sites for hydroxylation is 1. The average molecular weight is 302 g/mol. The molecule has 0 aliphatic rings. The van der Waals surface area contributed by atoms with Gasteiger partial charge >= 0.3 is 5.97 Å². The molecule has 0 heterocycles. The third kappa shape index (κ3) is 2.61. The third-order valence-corrected chi connectivity index (χ3v) is 3.62. The van der Waals surface area contributed by atoms with Crippen molar-refractivity contribution in [3.63, 3.8) is 0 Å². The van der Waals surface area contributed by atoms with Crippen LogP contribution in [0.1, 0.15) is 22.6 Å². The molecule has 4 nitrogen and oxygen atoms in total. The molecule has 0 spiro atoms. The van der Waals surface area contributed by atoms with Crippen LogP contribution in [-0.2, 0) is 4.79 Å². The summed E-state index contributed by atoms with van der Waals surface area (Å²) in [5.74, 6) is -1.09. The van der Waals surface area contributed by atoms with Crippen LogP contribution in [0.3, 0.4) is 0 Å². The molecule has 0 radical (unpaired) electrons. The smallest absolute Gasteiger partial charge is 0.312 e. The van der Waals surface area contributed by atoms with E-state index in [1.807, 2.05) is 19.9 Å². The molecule has 1 atom stereocenters. The minimum atomic E-state index is -0.939.